The lowest BCUT2D eigenvalue weighted by Crippen LogP contribution is -2.53. The van der Waals surface area contributed by atoms with Gasteiger partial charge in [0.15, 0.2) is 11.2 Å². The van der Waals surface area contributed by atoms with Gasteiger partial charge < -0.3 is 39.5 Å². The van der Waals surface area contributed by atoms with E-state index in [2.05, 4.69) is 20.6 Å². The number of hydrogen-bond acceptors (Lipinski definition) is 8. The van der Waals surface area contributed by atoms with Gasteiger partial charge >= 0.3 is 0 Å². The van der Waals surface area contributed by atoms with Gasteiger partial charge in [0.1, 0.15) is 25.0 Å². The number of aromatic amines is 2. The van der Waals surface area contributed by atoms with Gasteiger partial charge in [-0.3, -0.25) is 9.59 Å². The fraction of sp³-hybridized carbons (Fsp3) is 0.407. The van der Waals surface area contributed by atoms with E-state index >= 15 is 0 Å². The Kier molecular flexibility index (Phi) is 17.2. The molecule has 0 spiro atoms. The number of aromatic nitrogens is 4. The van der Waals surface area contributed by atoms with Crippen LogP contribution in [-0.2, 0) is 41.8 Å². The number of carbonyl (C=O) groups is 2. The number of rotatable bonds is 23. The molecule has 2 heterocycles. The van der Waals surface area contributed by atoms with Crippen LogP contribution >= 0.6 is 0 Å². The maximum Gasteiger partial charge on any atom is 0.254 e. The number of alkyl halides is 2. The van der Waals surface area contributed by atoms with E-state index in [1.54, 1.807) is 26.2 Å². The Morgan fingerprint density at radius 2 is 0.868 bits per heavy atom. The van der Waals surface area contributed by atoms with E-state index < -0.39 is 59.3 Å². The molecule has 4 aromatic carbocycles. The third-order valence-electron chi connectivity index (χ3n) is 11.7. The van der Waals surface area contributed by atoms with Crippen molar-refractivity contribution in [1.82, 2.24) is 30.6 Å². The SMILES string of the molecule is CC(COCc1ccccc1)(OCCF)C(=O)NC(c1ncc(-c2ccc(-c3ccc(-c4cnc([C@@H](NC(=O)[C@](C)(COCc5ccccc5)OCCF)C(C)(C)C)[nH]4)cc3)cc2)[nH]1)C(C)(C)C. The highest BCUT2D eigenvalue weighted by Crippen LogP contribution is 2.36. The zero-order valence-corrected chi connectivity index (χ0v) is 40.5. The lowest BCUT2D eigenvalue weighted by Gasteiger charge is -2.34. The number of hydrogen-bond donors (Lipinski definition) is 4. The third kappa shape index (κ3) is 13.6. The largest absolute Gasteiger partial charge is 0.373 e. The van der Waals surface area contributed by atoms with Crippen molar-refractivity contribution in [1.29, 1.82) is 0 Å². The molecule has 0 aliphatic rings. The van der Waals surface area contributed by atoms with Crippen LogP contribution in [-0.4, -0.2) is 82.7 Å². The molecule has 362 valence electrons. The van der Waals surface area contributed by atoms with Gasteiger partial charge in [-0.05, 0) is 58.1 Å². The lowest BCUT2D eigenvalue weighted by molar-refractivity contribution is -0.157. The molecular formula is C54H66F2N6O6. The molecule has 4 atom stereocenters. The summed E-state index contributed by atoms with van der Waals surface area (Å²) in [4.78, 5) is 44.1. The van der Waals surface area contributed by atoms with Crippen molar-refractivity contribution in [3.05, 3.63) is 144 Å². The molecule has 68 heavy (non-hydrogen) atoms. The number of amides is 2. The summed E-state index contributed by atoms with van der Waals surface area (Å²) in [6.45, 7) is 13.7. The number of H-pyrrole nitrogens is 2. The number of ether oxygens (including phenoxy) is 4. The Hall–Kier alpha value is -6.06. The molecule has 0 aliphatic carbocycles. The molecule has 0 saturated heterocycles. The van der Waals surface area contributed by atoms with Crippen molar-refractivity contribution in [3.63, 3.8) is 0 Å². The van der Waals surface area contributed by atoms with Gasteiger partial charge in [0.2, 0.25) is 0 Å². The number of nitrogens with one attached hydrogen (secondary N) is 4. The van der Waals surface area contributed by atoms with E-state index in [4.69, 9.17) is 28.9 Å². The van der Waals surface area contributed by atoms with Gasteiger partial charge in [0, 0.05) is 0 Å². The third-order valence-corrected chi connectivity index (χ3v) is 11.7. The highest BCUT2D eigenvalue weighted by Gasteiger charge is 2.41. The van der Waals surface area contributed by atoms with Gasteiger partial charge in [-0.15, -0.1) is 0 Å². The van der Waals surface area contributed by atoms with Crippen molar-refractivity contribution >= 4 is 11.8 Å². The molecule has 6 aromatic rings. The van der Waals surface area contributed by atoms with Crippen LogP contribution in [0.5, 0.6) is 0 Å². The minimum atomic E-state index is -1.44. The summed E-state index contributed by atoms with van der Waals surface area (Å²) in [7, 11) is 0. The molecule has 0 bridgehead atoms. The molecule has 2 aromatic heterocycles. The predicted molar refractivity (Wildman–Crippen MR) is 261 cm³/mol. The summed E-state index contributed by atoms with van der Waals surface area (Å²) in [6.07, 6.45) is 3.50. The molecule has 0 saturated carbocycles. The lowest BCUT2D eigenvalue weighted by atomic mass is 9.85. The van der Waals surface area contributed by atoms with Crippen LogP contribution in [0.4, 0.5) is 8.78 Å². The van der Waals surface area contributed by atoms with Crippen molar-refractivity contribution in [2.75, 3.05) is 39.8 Å². The molecule has 2 amide bonds. The minimum absolute atomic E-state index is 0.0689. The molecule has 0 radical (unpaired) electrons. The molecule has 0 fully saturated rings. The molecule has 6 rings (SSSR count). The maximum atomic E-state index is 13.9. The van der Waals surface area contributed by atoms with E-state index in [1.807, 2.05) is 151 Å². The molecule has 4 N–H and O–H groups in total. The summed E-state index contributed by atoms with van der Waals surface area (Å²) < 4.78 is 50.0. The molecule has 0 aliphatic heterocycles. The van der Waals surface area contributed by atoms with Gasteiger partial charge in [0.25, 0.3) is 11.8 Å². The fourth-order valence-electron chi connectivity index (χ4n) is 7.65. The predicted octanol–water partition coefficient (Wildman–Crippen LogP) is 10.5. The van der Waals surface area contributed by atoms with Crippen LogP contribution in [0.15, 0.2) is 122 Å². The number of benzene rings is 4. The Balaban J connectivity index is 1.11. The standard InChI is InChI=1S/C54H66F2N6O6/c1-51(2,3)45(61-49(63)53(7,67-29-27-55)35-65-33-37-15-11-9-12-16-37)47-57-31-43(59-47)41-23-19-39(20-24-41)40-21-25-42(26-22-40)44-32-58-48(60-44)46(52(4,5)6)62-50(64)54(8,68-30-28-56)36-66-34-38-17-13-10-14-18-38/h9-26,31-32,45-46H,27-30,33-36H2,1-8H3,(H,57,59)(H,58,60)(H,61,63)(H,62,64)/t45-,46?,53+,54?/m1/s1. The second-order valence-electron chi connectivity index (χ2n) is 19.6. The van der Waals surface area contributed by atoms with E-state index in [-0.39, 0.29) is 39.6 Å². The van der Waals surface area contributed by atoms with Crippen molar-refractivity contribution < 1.29 is 37.3 Å². The second-order valence-corrected chi connectivity index (χ2v) is 19.6. The summed E-state index contributed by atoms with van der Waals surface area (Å²) >= 11 is 0. The number of carbonyl (C=O) groups excluding carboxylic acids is 2. The average molecular weight is 933 g/mol. The van der Waals surface area contributed by atoms with E-state index in [1.165, 1.54) is 0 Å². The van der Waals surface area contributed by atoms with Crippen LogP contribution in [0.1, 0.15) is 90.2 Å². The molecule has 2 unspecified atom stereocenters. The quantitative estimate of drug-likeness (QED) is 0.0496. The van der Waals surface area contributed by atoms with Crippen molar-refractivity contribution in [3.8, 4) is 33.6 Å². The Bertz CT molecular complexity index is 2330. The highest BCUT2D eigenvalue weighted by atomic mass is 19.1. The zero-order valence-electron chi connectivity index (χ0n) is 40.5. The zero-order chi connectivity index (χ0) is 49.0. The van der Waals surface area contributed by atoms with Crippen LogP contribution < -0.4 is 10.6 Å². The Morgan fingerprint density at radius 3 is 1.19 bits per heavy atom. The summed E-state index contributed by atoms with van der Waals surface area (Å²) in [5, 5.41) is 6.25. The number of imidazole rings is 2. The first-order chi connectivity index (χ1) is 32.4. The highest BCUT2D eigenvalue weighted by molar-refractivity contribution is 5.86. The van der Waals surface area contributed by atoms with E-state index in [0.717, 1.165) is 44.8 Å². The normalized spacial score (nSPS) is 14.7. The monoisotopic (exact) mass is 933 g/mol. The van der Waals surface area contributed by atoms with Crippen LogP contribution in [0.3, 0.4) is 0 Å². The van der Waals surface area contributed by atoms with Gasteiger partial charge in [0.05, 0.1) is 75.5 Å². The molecule has 14 heteroatoms. The summed E-state index contributed by atoms with van der Waals surface area (Å²) in [5.41, 5.74) is 3.49. The van der Waals surface area contributed by atoms with Gasteiger partial charge in [-0.2, -0.15) is 0 Å². The topological polar surface area (TPSA) is 152 Å². The summed E-state index contributed by atoms with van der Waals surface area (Å²) in [5.74, 6) is 0.282. The maximum absolute atomic E-state index is 13.9. The number of halogens is 2. The molecular weight excluding hydrogens is 867 g/mol. The smallest absolute Gasteiger partial charge is 0.254 e. The van der Waals surface area contributed by atoms with Crippen molar-refractivity contribution in [2.24, 2.45) is 10.8 Å². The van der Waals surface area contributed by atoms with Gasteiger partial charge in [-0.25, -0.2) is 18.7 Å². The Morgan fingerprint density at radius 1 is 0.529 bits per heavy atom. The molecule has 12 nitrogen and oxygen atoms in total. The first-order valence-corrected chi connectivity index (χ1v) is 23.0. The second kappa shape index (κ2) is 22.8. The van der Waals surface area contributed by atoms with Crippen molar-refractivity contribution in [2.45, 2.75) is 91.9 Å². The fourth-order valence-corrected chi connectivity index (χ4v) is 7.65. The Labute approximate surface area is 399 Å². The van der Waals surface area contributed by atoms with Crippen LogP contribution in [0.2, 0.25) is 0 Å². The summed E-state index contributed by atoms with van der Waals surface area (Å²) in [6, 6.07) is 34.4. The van der Waals surface area contributed by atoms with E-state index in [0.29, 0.717) is 11.6 Å². The first kappa shape index (κ1) is 51.3. The average Bonchev–Trinajstić information content (AvgIpc) is 4.02. The van der Waals surface area contributed by atoms with Crippen LogP contribution in [0, 0.1) is 10.8 Å². The first-order valence-electron chi connectivity index (χ1n) is 23.0. The number of nitrogens with zero attached hydrogens (tertiary/aromatic N) is 2. The van der Waals surface area contributed by atoms with Crippen LogP contribution in [0.25, 0.3) is 33.6 Å². The van der Waals surface area contributed by atoms with Gasteiger partial charge in [-0.1, -0.05) is 151 Å². The minimum Gasteiger partial charge on any atom is -0.373 e. The van der Waals surface area contributed by atoms with E-state index in [9.17, 15) is 18.4 Å².